The Morgan fingerprint density at radius 1 is 1.15 bits per heavy atom. The van der Waals surface area contributed by atoms with Crippen molar-refractivity contribution in [3.8, 4) is 0 Å². The van der Waals surface area contributed by atoms with Gasteiger partial charge in [0.2, 0.25) is 5.95 Å². The summed E-state index contributed by atoms with van der Waals surface area (Å²) in [6.45, 7) is 7.54. The van der Waals surface area contributed by atoms with Crippen molar-refractivity contribution < 1.29 is 0 Å². The summed E-state index contributed by atoms with van der Waals surface area (Å²) in [5.74, 6) is 2.01. The van der Waals surface area contributed by atoms with Crippen molar-refractivity contribution in [2.75, 3.05) is 30.4 Å². The SMILES string of the molecule is CN1Cc2cc(Nc3ncc(Cl)c(N4CC(C)(C)c5ccccc54)n3)cc3c2C(CCC3)C1. The fraction of sp³-hybridized carbons (Fsp3) is 0.407. The van der Waals surface area contributed by atoms with Gasteiger partial charge in [-0.1, -0.05) is 43.6 Å². The number of benzene rings is 2. The number of aryl methyl sites for hydroxylation is 1. The highest BCUT2D eigenvalue weighted by Gasteiger charge is 2.37. The van der Waals surface area contributed by atoms with Gasteiger partial charge in [-0.05, 0) is 72.7 Å². The number of fused-ring (bicyclic) bond motifs is 1. The molecule has 1 atom stereocenters. The van der Waals surface area contributed by atoms with Crippen LogP contribution in [0.2, 0.25) is 5.02 Å². The molecule has 1 unspecified atom stereocenters. The number of nitrogens with zero attached hydrogens (tertiary/aromatic N) is 4. The van der Waals surface area contributed by atoms with Crippen LogP contribution in [0.3, 0.4) is 0 Å². The minimum Gasteiger partial charge on any atom is -0.324 e. The zero-order valence-corrected chi connectivity index (χ0v) is 20.3. The van der Waals surface area contributed by atoms with Gasteiger partial charge in [0.1, 0.15) is 5.02 Å². The van der Waals surface area contributed by atoms with Crippen LogP contribution in [-0.2, 0) is 18.4 Å². The molecule has 0 bridgehead atoms. The van der Waals surface area contributed by atoms with Gasteiger partial charge >= 0.3 is 0 Å². The van der Waals surface area contributed by atoms with Crippen molar-refractivity contribution in [1.82, 2.24) is 14.9 Å². The topological polar surface area (TPSA) is 44.3 Å². The molecule has 3 aliphatic rings. The van der Waals surface area contributed by atoms with Crippen molar-refractivity contribution in [2.45, 2.75) is 51.0 Å². The number of halogens is 1. The fourth-order valence-electron chi connectivity index (χ4n) is 6.08. The van der Waals surface area contributed by atoms with E-state index in [1.165, 1.54) is 41.8 Å². The van der Waals surface area contributed by atoms with E-state index in [0.717, 1.165) is 31.0 Å². The summed E-state index contributed by atoms with van der Waals surface area (Å²) in [4.78, 5) is 14.1. The maximum Gasteiger partial charge on any atom is 0.229 e. The minimum absolute atomic E-state index is 0.0299. The molecule has 0 amide bonds. The van der Waals surface area contributed by atoms with Crippen LogP contribution in [-0.4, -0.2) is 35.0 Å². The van der Waals surface area contributed by atoms with Gasteiger partial charge in [0.05, 0.1) is 6.20 Å². The Morgan fingerprint density at radius 2 is 1.97 bits per heavy atom. The van der Waals surface area contributed by atoms with E-state index >= 15 is 0 Å². The second-order valence-corrected chi connectivity index (χ2v) is 10.9. The van der Waals surface area contributed by atoms with Crippen molar-refractivity contribution in [1.29, 1.82) is 0 Å². The lowest BCUT2D eigenvalue weighted by Gasteiger charge is -2.37. The van der Waals surface area contributed by atoms with Gasteiger partial charge in [0, 0.05) is 36.4 Å². The van der Waals surface area contributed by atoms with E-state index in [9.17, 15) is 0 Å². The van der Waals surface area contributed by atoms with Crippen molar-refractivity contribution in [3.63, 3.8) is 0 Å². The molecule has 0 spiro atoms. The minimum atomic E-state index is 0.0299. The molecule has 3 heterocycles. The summed E-state index contributed by atoms with van der Waals surface area (Å²) in [6.07, 6.45) is 5.44. The van der Waals surface area contributed by atoms with Gasteiger partial charge in [-0.15, -0.1) is 0 Å². The van der Waals surface area contributed by atoms with Crippen LogP contribution < -0.4 is 10.2 Å². The fourth-order valence-corrected chi connectivity index (χ4v) is 6.28. The van der Waals surface area contributed by atoms with E-state index in [0.29, 0.717) is 16.9 Å². The summed E-state index contributed by atoms with van der Waals surface area (Å²) >= 11 is 6.62. The van der Waals surface area contributed by atoms with Crippen LogP contribution in [0.25, 0.3) is 0 Å². The summed E-state index contributed by atoms with van der Waals surface area (Å²) in [6, 6.07) is 13.1. The highest BCUT2D eigenvalue weighted by molar-refractivity contribution is 6.33. The zero-order valence-electron chi connectivity index (χ0n) is 19.5. The highest BCUT2D eigenvalue weighted by Crippen LogP contribution is 2.45. The molecule has 6 rings (SSSR count). The number of anilines is 4. The van der Waals surface area contributed by atoms with Crippen LogP contribution in [0.5, 0.6) is 0 Å². The lowest BCUT2D eigenvalue weighted by atomic mass is 9.77. The Kier molecular flexibility index (Phi) is 4.89. The summed E-state index contributed by atoms with van der Waals surface area (Å²) in [5, 5.41) is 4.06. The van der Waals surface area contributed by atoms with Gasteiger partial charge in [0.15, 0.2) is 5.82 Å². The molecule has 1 N–H and O–H groups in total. The number of para-hydroxylation sites is 1. The smallest absolute Gasteiger partial charge is 0.229 e. The third-order valence-corrected chi connectivity index (χ3v) is 7.71. The van der Waals surface area contributed by atoms with Gasteiger partial charge < -0.3 is 15.1 Å². The molecule has 1 aliphatic carbocycles. The molecule has 2 aliphatic heterocycles. The van der Waals surface area contributed by atoms with Gasteiger partial charge in [-0.3, -0.25) is 0 Å². The summed E-state index contributed by atoms with van der Waals surface area (Å²) < 4.78 is 0. The number of hydrogen-bond acceptors (Lipinski definition) is 5. The number of likely N-dealkylation sites (N-methyl/N-ethyl adjacent to an activating group) is 1. The second-order valence-electron chi connectivity index (χ2n) is 10.5. The lowest BCUT2D eigenvalue weighted by Crippen LogP contribution is -2.33. The molecular formula is C27H30ClN5. The van der Waals surface area contributed by atoms with Crippen LogP contribution in [0.4, 0.5) is 23.1 Å². The number of hydrogen-bond donors (Lipinski definition) is 1. The Hall–Kier alpha value is -2.63. The predicted molar refractivity (Wildman–Crippen MR) is 135 cm³/mol. The summed E-state index contributed by atoms with van der Waals surface area (Å²) in [5.41, 5.74) is 8.11. The zero-order chi connectivity index (χ0) is 22.7. The maximum absolute atomic E-state index is 6.62. The first-order valence-corrected chi connectivity index (χ1v) is 12.3. The van der Waals surface area contributed by atoms with Crippen molar-refractivity contribution in [3.05, 3.63) is 69.9 Å². The monoisotopic (exact) mass is 459 g/mol. The average Bonchev–Trinajstić information content (AvgIpc) is 3.06. The van der Waals surface area contributed by atoms with Crippen molar-refractivity contribution >= 4 is 34.7 Å². The highest BCUT2D eigenvalue weighted by atomic mass is 35.5. The first kappa shape index (κ1) is 20.9. The predicted octanol–water partition coefficient (Wildman–Crippen LogP) is 6.17. The molecule has 0 radical (unpaired) electrons. The van der Waals surface area contributed by atoms with E-state index < -0.39 is 0 Å². The molecule has 5 nitrogen and oxygen atoms in total. The molecule has 1 aromatic heterocycles. The molecular weight excluding hydrogens is 430 g/mol. The first-order valence-electron chi connectivity index (χ1n) is 11.9. The van der Waals surface area contributed by atoms with Gasteiger partial charge in [-0.2, -0.15) is 4.98 Å². The first-order chi connectivity index (χ1) is 15.9. The molecule has 0 saturated carbocycles. The Morgan fingerprint density at radius 3 is 2.85 bits per heavy atom. The molecule has 0 fully saturated rings. The maximum atomic E-state index is 6.62. The van der Waals surface area contributed by atoms with Crippen molar-refractivity contribution in [2.24, 2.45) is 0 Å². The van der Waals surface area contributed by atoms with E-state index in [-0.39, 0.29) is 5.41 Å². The Balaban J connectivity index is 1.35. The largest absolute Gasteiger partial charge is 0.324 e. The van der Waals surface area contributed by atoms with E-state index in [4.69, 9.17) is 16.6 Å². The van der Waals surface area contributed by atoms with E-state index in [1.54, 1.807) is 11.8 Å². The van der Waals surface area contributed by atoms with Crippen LogP contribution in [0, 0.1) is 0 Å². The molecule has 6 heteroatoms. The third kappa shape index (κ3) is 3.58. The van der Waals surface area contributed by atoms with Crippen LogP contribution in [0.15, 0.2) is 42.6 Å². The molecule has 170 valence electrons. The van der Waals surface area contributed by atoms with Crippen LogP contribution in [0.1, 0.15) is 54.9 Å². The van der Waals surface area contributed by atoms with Crippen LogP contribution >= 0.6 is 11.6 Å². The normalized spacial score (nSPS) is 21.0. The van der Waals surface area contributed by atoms with Gasteiger partial charge in [0.25, 0.3) is 0 Å². The molecule has 0 saturated heterocycles. The quantitative estimate of drug-likeness (QED) is 0.507. The average molecular weight is 460 g/mol. The van der Waals surface area contributed by atoms with E-state index in [2.05, 4.69) is 77.4 Å². The number of aromatic nitrogens is 2. The third-order valence-electron chi connectivity index (χ3n) is 7.45. The number of rotatable bonds is 3. The second kappa shape index (κ2) is 7.71. The van der Waals surface area contributed by atoms with E-state index in [1.807, 2.05) is 0 Å². The number of nitrogens with one attached hydrogen (secondary N) is 1. The molecule has 2 aromatic carbocycles. The molecule has 33 heavy (non-hydrogen) atoms. The van der Waals surface area contributed by atoms with Gasteiger partial charge in [-0.25, -0.2) is 4.98 Å². The Bertz CT molecular complexity index is 1240. The lowest BCUT2D eigenvalue weighted by molar-refractivity contribution is 0.266. The standard InChI is InChI=1S/C27H30ClN5/c1-27(2)16-33(23-10-5-4-9-21(23)27)25-22(28)13-29-26(31-25)30-20-11-17-7-6-8-18-14-32(3)15-19(12-20)24(17)18/h4-5,9-13,18H,6-8,14-16H2,1-3H3,(H,29,30,31). The Labute approximate surface area is 200 Å². The summed E-state index contributed by atoms with van der Waals surface area (Å²) in [7, 11) is 2.22. The molecule has 3 aromatic rings.